The molecule has 6 heteroatoms. The molecule has 0 saturated heterocycles. The quantitative estimate of drug-likeness (QED) is 0.276. The van der Waals surface area contributed by atoms with E-state index in [4.69, 9.17) is 4.74 Å². The Labute approximate surface area is 211 Å². The van der Waals surface area contributed by atoms with Gasteiger partial charge in [0.2, 0.25) is 0 Å². The second-order valence-corrected chi connectivity index (χ2v) is 8.83. The van der Waals surface area contributed by atoms with Gasteiger partial charge in [0.25, 0.3) is 0 Å². The van der Waals surface area contributed by atoms with Crippen LogP contribution in [0.3, 0.4) is 0 Å². The van der Waals surface area contributed by atoms with Gasteiger partial charge in [0, 0.05) is 12.1 Å². The zero-order valence-corrected chi connectivity index (χ0v) is 20.5. The molecule has 5 aromatic rings. The Balaban J connectivity index is 1.73. The van der Waals surface area contributed by atoms with Gasteiger partial charge in [0.15, 0.2) is 5.82 Å². The van der Waals surface area contributed by atoms with E-state index in [-0.39, 0.29) is 0 Å². The average molecular weight is 479 g/mol. The summed E-state index contributed by atoms with van der Waals surface area (Å²) < 4.78 is 7.31. The van der Waals surface area contributed by atoms with E-state index in [1.807, 2.05) is 47.8 Å². The summed E-state index contributed by atoms with van der Waals surface area (Å²) in [5.74, 6) is 1.50. The number of benzene rings is 3. The SMILES string of the molecule is CC[C@@H](O)Cc1ccc2c(NC(c3ccccc3)(c3ccccc3)c3ccc(OC)cc3)ncnn12. The van der Waals surface area contributed by atoms with Crippen molar-refractivity contribution in [2.45, 2.75) is 31.4 Å². The third-order valence-corrected chi connectivity index (χ3v) is 6.69. The number of aliphatic hydroxyl groups excluding tert-OH is 1. The lowest BCUT2D eigenvalue weighted by molar-refractivity contribution is 0.169. The van der Waals surface area contributed by atoms with Crippen molar-refractivity contribution in [2.24, 2.45) is 0 Å². The number of anilines is 1. The highest BCUT2D eigenvalue weighted by Crippen LogP contribution is 2.41. The van der Waals surface area contributed by atoms with E-state index in [0.717, 1.165) is 33.7 Å². The molecule has 0 bridgehead atoms. The number of rotatable bonds is 9. The van der Waals surface area contributed by atoms with Crippen molar-refractivity contribution in [3.05, 3.63) is 126 Å². The molecular formula is C30H30N4O2. The van der Waals surface area contributed by atoms with Gasteiger partial charge in [-0.25, -0.2) is 9.50 Å². The van der Waals surface area contributed by atoms with Gasteiger partial charge in [0.05, 0.1) is 13.2 Å². The van der Waals surface area contributed by atoms with Crippen molar-refractivity contribution in [2.75, 3.05) is 12.4 Å². The molecule has 0 fully saturated rings. The summed E-state index contributed by atoms with van der Waals surface area (Å²) in [6.07, 6.45) is 2.36. The highest BCUT2D eigenvalue weighted by atomic mass is 16.5. The molecule has 1 atom stereocenters. The molecule has 0 spiro atoms. The fraction of sp³-hybridized carbons (Fsp3) is 0.200. The second-order valence-electron chi connectivity index (χ2n) is 8.83. The Kier molecular flexibility index (Phi) is 6.69. The summed E-state index contributed by atoms with van der Waals surface area (Å²) >= 11 is 0. The highest BCUT2D eigenvalue weighted by Gasteiger charge is 2.37. The van der Waals surface area contributed by atoms with Gasteiger partial charge in [-0.05, 0) is 47.4 Å². The molecule has 6 nitrogen and oxygen atoms in total. The van der Waals surface area contributed by atoms with E-state index < -0.39 is 11.6 Å². The topological polar surface area (TPSA) is 71.7 Å². The number of aliphatic hydroxyl groups is 1. The lowest BCUT2D eigenvalue weighted by Crippen LogP contribution is -2.38. The van der Waals surface area contributed by atoms with Crippen LogP contribution >= 0.6 is 0 Å². The Bertz CT molecular complexity index is 1380. The minimum Gasteiger partial charge on any atom is -0.497 e. The number of nitrogens with zero attached hydrogens (tertiary/aromatic N) is 3. The molecule has 0 radical (unpaired) electrons. The molecule has 5 rings (SSSR count). The molecular weight excluding hydrogens is 448 g/mol. The van der Waals surface area contributed by atoms with Crippen molar-refractivity contribution in [1.29, 1.82) is 0 Å². The van der Waals surface area contributed by atoms with Gasteiger partial charge in [0.1, 0.15) is 23.1 Å². The van der Waals surface area contributed by atoms with E-state index in [1.54, 1.807) is 13.4 Å². The van der Waals surface area contributed by atoms with E-state index in [9.17, 15) is 5.11 Å². The maximum absolute atomic E-state index is 10.3. The molecule has 0 amide bonds. The molecule has 0 saturated carbocycles. The number of nitrogens with one attached hydrogen (secondary N) is 1. The Morgan fingerprint density at radius 3 is 2.06 bits per heavy atom. The predicted molar refractivity (Wildman–Crippen MR) is 142 cm³/mol. The smallest absolute Gasteiger partial charge is 0.155 e. The minimum atomic E-state index is -0.739. The number of aromatic nitrogens is 3. The summed E-state index contributed by atoms with van der Waals surface area (Å²) in [6.45, 7) is 1.98. The summed E-state index contributed by atoms with van der Waals surface area (Å²) in [7, 11) is 1.67. The third-order valence-electron chi connectivity index (χ3n) is 6.69. The molecule has 2 aromatic heterocycles. The van der Waals surface area contributed by atoms with E-state index in [0.29, 0.717) is 18.7 Å². The van der Waals surface area contributed by atoms with Crippen LogP contribution in [0.4, 0.5) is 5.82 Å². The number of hydrogen-bond donors (Lipinski definition) is 2. The Morgan fingerprint density at radius 1 is 0.861 bits per heavy atom. The van der Waals surface area contributed by atoms with E-state index >= 15 is 0 Å². The first kappa shape index (κ1) is 23.6. The molecule has 2 N–H and O–H groups in total. The Hall–Kier alpha value is -4.16. The van der Waals surface area contributed by atoms with Crippen LogP contribution < -0.4 is 10.1 Å². The fourth-order valence-electron chi connectivity index (χ4n) is 4.74. The van der Waals surface area contributed by atoms with Gasteiger partial charge in [-0.15, -0.1) is 0 Å². The monoisotopic (exact) mass is 478 g/mol. The van der Waals surface area contributed by atoms with Gasteiger partial charge in [-0.3, -0.25) is 0 Å². The van der Waals surface area contributed by atoms with Crippen molar-refractivity contribution in [3.8, 4) is 5.75 Å². The van der Waals surface area contributed by atoms with Gasteiger partial charge < -0.3 is 15.2 Å². The third kappa shape index (κ3) is 4.32. The largest absolute Gasteiger partial charge is 0.497 e. The maximum atomic E-state index is 10.3. The van der Waals surface area contributed by atoms with Crippen LogP contribution in [0.25, 0.3) is 5.52 Å². The zero-order valence-electron chi connectivity index (χ0n) is 20.5. The van der Waals surface area contributed by atoms with Crippen LogP contribution in [0.1, 0.15) is 35.7 Å². The first-order valence-corrected chi connectivity index (χ1v) is 12.2. The number of methoxy groups -OCH3 is 1. The molecule has 3 aromatic carbocycles. The van der Waals surface area contributed by atoms with Gasteiger partial charge in [-0.2, -0.15) is 5.10 Å². The predicted octanol–water partition coefficient (Wildman–Crippen LogP) is 5.46. The number of hydrogen-bond acceptors (Lipinski definition) is 5. The molecule has 2 heterocycles. The number of ether oxygens (including phenoxy) is 1. The molecule has 0 unspecified atom stereocenters. The maximum Gasteiger partial charge on any atom is 0.155 e. The van der Waals surface area contributed by atoms with Crippen molar-refractivity contribution in [3.63, 3.8) is 0 Å². The van der Waals surface area contributed by atoms with Crippen LogP contribution in [-0.4, -0.2) is 32.9 Å². The zero-order chi connectivity index (χ0) is 25.0. The molecule has 0 aliphatic carbocycles. The first-order valence-electron chi connectivity index (χ1n) is 12.2. The normalized spacial score (nSPS) is 12.4. The summed E-state index contributed by atoms with van der Waals surface area (Å²) in [5.41, 5.74) is 4.25. The van der Waals surface area contributed by atoms with Crippen molar-refractivity contribution >= 4 is 11.3 Å². The fourth-order valence-corrected chi connectivity index (χ4v) is 4.74. The summed E-state index contributed by atoms with van der Waals surface area (Å²) in [4.78, 5) is 4.68. The molecule has 0 aliphatic heterocycles. The van der Waals surface area contributed by atoms with Crippen LogP contribution in [0.15, 0.2) is 103 Å². The summed E-state index contributed by atoms with van der Waals surface area (Å²) in [5, 5.41) is 18.6. The van der Waals surface area contributed by atoms with E-state index in [2.05, 4.69) is 76.1 Å². The molecule has 182 valence electrons. The molecule has 36 heavy (non-hydrogen) atoms. The van der Waals surface area contributed by atoms with Gasteiger partial charge >= 0.3 is 0 Å². The van der Waals surface area contributed by atoms with Gasteiger partial charge in [-0.1, -0.05) is 79.7 Å². The highest BCUT2D eigenvalue weighted by molar-refractivity contribution is 5.72. The van der Waals surface area contributed by atoms with Crippen molar-refractivity contribution < 1.29 is 9.84 Å². The van der Waals surface area contributed by atoms with Crippen LogP contribution in [0.5, 0.6) is 5.75 Å². The Morgan fingerprint density at radius 2 is 1.47 bits per heavy atom. The summed E-state index contributed by atoms with van der Waals surface area (Å²) in [6, 6.07) is 32.9. The lowest BCUT2D eigenvalue weighted by Gasteiger charge is -2.37. The first-order chi connectivity index (χ1) is 17.7. The van der Waals surface area contributed by atoms with E-state index in [1.165, 1.54) is 0 Å². The second kappa shape index (κ2) is 10.2. The van der Waals surface area contributed by atoms with Crippen LogP contribution in [0, 0.1) is 0 Å². The lowest BCUT2D eigenvalue weighted by atomic mass is 9.77. The standard InChI is InChI=1S/C30H30N4O2/c1-3-26(35)20-25-16-19-28-29(31-21-32-34(25)28)33-30(22-10-6-4-7-11-22,23-12-8-5-9-13-23)24-14-17-27(36-2)18-15-24/h4-19,21,26,35H,3,20H2,1-2H3,(H,31,32,33)/t26-/m1/s1. The number of fused-ring (bicyclic) bond motifs is 1. The van der Waals surface area contributed by atoms with Crippen molar-refractivity contribution in [1.82, 2.24) is 14.6 Å². The molecule has 0 aliphatic rings. The van der Waals surface area contributed by atoms with Crippen LogP contribution in [-0.2, 0) is 12.0 Å². The average Bonchev–Trinajstić information content (AvgIpc) is 3.36. The minimum absolute atomic E-state index is 0.415. The van der Waals surface area contributed by atoms with Crippen LogP contribution in [0.2, 0.25) is 0 Å².